The highest BCUT2D eigenvalue weighted by atomic mass is 15.3. The Hall–Kier alpha value is -1.34. The Kier molecular flexibility index (Phi) is 4.85. The van der Waals surface area contributed by atoms with Gasteiger partial charge in [-0.25, -0.2) is 9.67 Å². The van der Waals surface area contributed by atoms with Crippen molar-refractivity contribution < 1.29 is 0 Å². The fourth-order valence-corrected chi connectivity index (χ4v) is 1.34. The van der Waals surface area contributed by atoms with Crippen molar-refractivity contribution in [2.24, 2.45) is 0 Å². The van der Waals surface area contributed by atoms with Crippen LogP contribution < -0.4 is 5.32 Å². The zero-order valence-corrected chi connectivity index (χ0v) is 9.40. The SMILES string of the molecule is C#CCC(C)NCc1ncnn1CCC. The normalized spacial score (nSPS) is 12.3. The van der Waals surface area contributed by atoms with Crippen molar-refractivity contribution in [1.29, 1.82) is 0 Å². The van der Waals surface area contributed by atoms with E-state index in [0.29, 0.717) is 6.04 Å². The average molecular weight is 206 g/mol. The summed E-state index contributed by atoms with van der Waals surface area (Å²) < 4.78 is 1.93. The average Bonchev–Trinajstić information content (AvgIpc) is 2.64. The Labute approximate surface area is 91.1 Å². The minimum Gasteiger partial charge on any atom is -0.306 e. The standard InChI is InChI=1S/C11H18N4/c1-4-6-10(3)12-8-11-13-9-14-15(11)7-5-2/h1,9-10,12H,5-8H2,2-3H3. The molecule has 1 aromatic heterocycles. The smallest absolute Gasteiger partial charge is 0.140 e. The van der Waals surface area contributed by atoms with Crippen molar-refractivity contribution in [3.05, 3.63) is 12.2 Å². The lowest BCUT2D eigenvalue weighted by Crippen LogP contribution is -2.26. The Bertz CT molecular complexity index is 324. The fraction of sp³-hybridized carbons (Fsp3) is 0.636. The van der Waals surface area contributed by atoms with Gasteiger partial charge >= 0.3 is 0 Å². The van der Waals surface area contributed by atoms with Crippen molar-refractivity contribution in [3.8, 4) is 12.3 Å². The maximum atomic E-state index is 5.23. The molecule has 0 spiro atoms. The summed E-state index contributed by atoms with van der Waals surface area (Å²) in [5.74, 6) is 3.60. The summed E-state index contributed by atoms with van der Waals surface area (Å²) in [6.07, 6.45) is 8.63. The van der Waals surface area contributed by atoms with E-state index in [1.54, 1.807) is 6.33 Å². The summed E-state index contributed by atoms with van der Waals surface area (Å²) in [4.78, 5) is 4.20. The van der Waals surface area contributed by atoms with Gasteiger partial charge in [0.05, 0.1) is 6.54 Å². The van der Waals surface area contributed by atoms with Crippen molar-refractivity contribution >= 4 is 0 Å². The molecule has 0 amide bonds. The third-order valence-corrected chi connectivity index (χ3v) is 2.16. The van der Waals surface area contributed by atoms with Crippen LogP contribution in [0.4, 0.5) is 0 Å². The minimum atomic E-state index is 0.321. The van der Waals surface area contributed by atoms with Gasteiger partial charge in [0.1, 0.15) is 12.2 Å². The van der Waals surface area contributed by atoms with E-state index in [4.69, 9.17) is 6.42 Å². The number of rotatable bonds is 6. The molecule has 1 unspecified atom stereocenters. The van der Waals surface area contributed by atoms with Crippen LogP contribution in [0.2, 0.25) is 0 Å². The zero-order chi connectivity index (χ0) is 11.1. The first-order valence-corrected chi connectivity index (χ1v) is 5.31. The van der Waals surface area contributed by atoms with E-state index < -0.39 is 0 Å². The molecular weight excluding hydrogens is 188 g/mol. The van der Waals surface area contributed by atoms with Crippen molar-refractivity contribution in [2.75, 3.05) is 0 Å². The molecular formula is C11H18N4. The van der Waals surface area contributed by atoms with Crippen LogP contribution in [0.3, 0.4) is 0 Å². The van der Waals surface area contributed by atoms with Crippen molar-refractivity contribution in [1.82, 2.24) is 20.1 Å². The molecule has 4 heteroatoms. The van der Waals surface area contributed by atoms with Gasteiger partial charge in [0.2, 0.25) is 0 Å². The van der Waals surface area contributed by atoms with E-state index in [2.05, 4.69) is 35.2 Å². The second-order valence-corrected chi connectivity index (χ2v) is 3.59. The van der Waals surface area contributed by atoms with Gasteiger partial charge in [-0.1, -0.05) is 6.92 Å². The van der Waals surface area contributed by atoms with Crippen LogP contribution in [0.1, 0.15) is 32.5 Å². The van der Waals surface area contributed by atoms with Crippen LogP contribution in [0.25, 0.3) is 0 Å². The predicted octanol–water partition coefficient (Wildman–Crippen LogP) is 1.19. The summed E-state index contributed by atoms with van der Waals surface area (Å²) in [6.45, 7) is 5.84. The number of aromatic nitrogens is 3. The Balaban J connectivity index is 2.43. The molecule has 15 heavy (non-hydrogen) atoms. The van der Waals surface area contributed by atoms with Crippen molar-refractivity contribution in [3.63, 3.8) is 0 Å². The van der Waals surface area contributed by atoms with Gasteiger partial charge < -0.3 is 5.32 Å². The maximum Gasteiger partial charge on any atom is 0.140 e. The second kappa shape index (κ2) is 6.20. The van der Waals surface area contributed by atoms with E-state index >= 15 is 0 Å². The molecule has 1 aromatic rings. The Morgan fingerprint density at radius 3 is 3.13 bits per heavy atom. The van der Waals surface area contributed by atoms with Crippen LogP contribution in [0.5, 0.6) is 0 Å². The number of aryl methyl sites for hydroxylation is 1. The summed E-state index contributed by atoms with van der Waals surface area (Å²) >= 11 is 0. The highest BCUT2D eigenvalue weighted by Crippen LogP contribution is 1.97. The van der Waals surface area contributed by atoms with Crippen LogP contribution in [-0.4, -0.2) is 20.8 Å². The van der Waals surface area contributed by atoms with Gasteiger partial charge in [-0.3, -0.25) is 0 Å². The molecule has 0 radical (unpaired) electrons. The van der Waals surface area contributed by atoms with E-state index in [1.165, 1.54) is 0 Å². The van der Waals surface area contributed by atoms with Gasteiger partial charge in [-0.15, -0.1) is 12.3 Å². The molecule has 0 aliphatic rings. The van der Waals surface area contributed by atoms with Crippen LogP contribution in [0.15, 0.2) is 6.33 Å². The first kappa shape index (κ1) is 11.7. The molecule has 1 atom stereocenters. The quantitative estimate of drug-likeness (QED) is 0.711. The van der Waals surface area contributed by atoms with Crippen LogP contribution >= 0.6 is 0 Å². The Morgan fingerprint density at radius 2 is 2.47 bits per heavy atom. The molecule has 82 valence electrons. The number of nitrogens with one attached hydrogen (secondary N) is 1. The molecule has 0 aliphatic carbocycles. The number of hydrogen-bond donors (Lipinski definition) is 1. The summed E-state index contributed by atoms with van der Waals surface area (Å²) in [5, 5.41) is 7.47. The first-order chi connectivity index (χ1) is 7.27. The van der Waals surface area contributed by atoms with E-state index in [9.17, 15) is 0 Å². The molecule has 0 saturated carbocycles. The third-order valence-electron chi connectivity index (χ3n) is 2.16. The molecule has 0 fully saturated rings. The summed E-state index contributed by atoms with van der Waals surface area (Å²) in [6, 6.07) is 0.321. The monoisotopic (exact) mass is 206 g/mol. The number of nitrogens with zero attached hydrogens (tertiary/aromatic N) is 3. The highest BCUT2D eigenvalue weighted by molar-refractivity contribution is 4.90. The van der Waals surface area contributed by atoms with E-state index in [-0.39, 0.29) is 0 Å². The highest BCUT2D eigenvalue weighted by Gasteiger charge is 2.05. The number of terminal acetylenes is 1. The molecule has 0 aromatic carbocycles. The minimum absolute atomic E-state index is 0.321. The lowest BCUT2D eigenvalue weighted by Gasteiger charge is -2.10. The largest absolute Gasteiger partial charge is 0.306 e. The molecule has 1 rings (SSSR count). The lowest BCUT2D eigenvalue weighted by atomic mass is 10.2. The summed E-state index contributed by atoms with van der Waals surface area (Å²) in [5.41, 5.74) is 0. The van der Waals surface area contributed by atoms with Crippen LogP contribution in [0, 0.1) is 12.3 Å². The van der Waals surface area contributed by atoms with Crippen molar-refractivity contribution in [2.45, 2.75) is 45.8 Å². The molecule has 0 aliphatic heterocycles. The molecule has 1 heterocycles. The zero-order valence-electron chi connectivity index (χ0n) is 9.40. The molecule has 1 N–H and O–H groups in total. The van der Waals surface area contributed by atoms with E-state index in [1.807, 2.05) is 4.68 Å². The maximum absolute atomic E-state index is 5.23. The van der Waals surface area contributed by atoms with Gasteiger partial charge in [-0.05, 0) is 13.3 Å². The predicted molar refractivity (Wildman–Crippen MR) is 60.1 cm³/mol. The van der Waals surface area contributed by atoms with Gasteiger partial charge in [0.25, 0.3) is 0 Å². The van der Waals surface area contributed by atoms with Crippen LogP contribution in [-0.2, 0) is 13.1 Å². The van der Waals surface area contributed by atoms with E-state index in [0.717, 1.165) is 31.8 Å². The number of hydrogen-bond acceptors (Lipinski definition) is 3. The van der Waals surface area contributed by atoms with Gasteiger partial charge in [0.15, 0.2) is 0 Å². The topological polar surface area (TPSA) is 42.7 Å². The summed E-state index contributed by atoms with van der Waals surface area (Å²) in [7, 11) is 0. The fourth-order valence-electron chi connectivity index (χ4n) is 1.34. The molecule has 0 saturated heterocycles. The lowest BCUT2D eigenvalue weighted by molar-refractivity contribution is 0.503. The Morgan fingerprint density at radius 1 is 1.67 bits per heavy atom. The van der Waals surface area contributed by atoms with Gasteiger partial charge in [0, 0.05) is 19.0 Å². The molecule has 4 nitrogen and oxygen atoms in total. The van der Waals surface area contributed by atoms with Gasteiger partial charge in [-0.2, -0.15) is 5.10 Å². The second-order valence-electron chi connectivity index (χ2n) is 3.59. The third kappa shape index (κ3) is 3.72. The molecule has 0 bridgehead atoms. The first-order valence-electron chi connectivity index (χ1n) is 5.31.